The molecule has 2 N–H and O–H groups in total. The van der Waals surface area contributed by atoms with E-state index in [0.29, 0.717) is 12.3 Å². The normalized spacial score (nSPS) is 12.1. The van der Waals surface area contributed by atoms with Crippen LogP contribution in [-0.4, -0.2) is 33.4 Å². The summed E-state index contributed by atoms with van der Waals surface area (Å²) in [5, 5.41) is 0. The summed E-state index contributed by atoms with van der Waals surface area (Å²) in [7, 11) is -0.475. The van der Waals surface area contributed by atoms with Crippen LogP contribution in [0.4, 0.5) is 5.69 Å². The summed E-state index contributed by atoms with van der Waals surface area (Å²) in [5.74, 6) is 0.794. The fraction of sp³-hybridized carbons (Fsp3) is 0.500. The largest absolute Gasteiger partial charge is 0.497 e. The first-order valence-corrected chi connectivity index (χ1v) is 7.13. The average Bonchev–Trinajstić information content (AvgIpc) is 2.27. The van der Waals surface area contributed by atoms with Crippen LogP contribution in [0.5, 0.6) is 5.75 Å². The molecule has 0 saturated carbocycles. The number of anilines is 1. The zero-order valence-electron chi connectivity index (χ0n) is 11.2. The van der Waals surface area contributed by atoms with Crippen molar-refractivity contribution in [2.24, 2.45) is 5.92 Å². The van der Waals surface area contributed by atoms with E-state index in [1.807, 2.05) is 13.8 Å². The molecule has 102 valence electrons. The molecule has 0 unspecified atom stereocenters. The van der Waals surface area contributed by atoms with Crippen molar-refractivity contribution in [2.45, 2.75) is 18.7 Å². The Bertz CT molecular complexity index is 512. The standard InChI is InChI=1S/C12H20N2O3S/c1-9(2)8-14(3)18(15,16)12-6-5-10(17-4)7-11(12)13/h5-7,9H,8,13H2,1-4H3. The van der Waals surface area contributed by atoms with Crippen molar-refractivity contribution < 1.29 is 13.2 Å². The molecule has 0 fully saturated rings. The van der Waals surface area contributed by atoms with Crippen molar-refractivity contribution in [1.82, 2.24) is 4.31 Å². The zero-order chi connectivity index (χ0) is 13.9. The number of hydrogen-bond donors (Lipinski definition) is 1. The number of nitrogens with zero attached hydrogens (tertiary/aromatic N) is 1. The third-order valence-corrected chi connectivity index (χ3v) is 4.42. The van der Waals surface area contributed by atoms with Gasteiger partial charge < -0.3 is 10.5 Å². The van der Waals surface area contributed by atoms with Gasteiger partial charge in [-0.15, -0.1) is 0 Å². The molecule has 0 heterocycles. The molecule has 1 rings (SSSR count). The first kappa shape index (κ1) is 14.8. The summed E-state index contributed by atoms with van der Waals surface area (Å²) in [6.07, 6.45) is 0. The first-order valence-electron chi connectivity index (χ1n) is 5.69. The Morgan fingerprint density at radius 3 is 2.44 bits per heavy atom. The third-order valence-electron chi connectivity index (χ3n) is 2.53. The van der Waals surface area contributed by atoms with Gasteiger partial charge in [-0.1, -0.05) is 13.8 Å². The Balaban J connectivity index is 3.12. The number of methoxy groups -OCH3 is 1. The Morgan fingerprint density at radius 1 is 1.39 bits per heavy atom. The Hall–Kier alpha value is -1.27. The molecule has 0 saturated heterocycles. The van der Waals surface area contributed by atoms with Gasteiger partial charge in [0.25, 0.3) is 0 Å². The highest BCUT2D eigenvalue weighted by Gasteiger charge is 2.23. The van der Waals surface area contributed by atoms with E-state index < -0.39 is 10.0 Å². The summed E-state index contributed by atoms with van der Waals surface area (Å²) in [6.45, 7) is 4.38. The fourth-order valence-corrected chi connectivity index (χ4v) is 3.10. The van der Waals surface area contributed by atoms with Gasteiger partial charge in [-0.2, -0.15) is 0 Å². The van der Waals surface area contributed by atoms with Gasteiger partial charge in [0.15, 0.2) is 0 Å². The van der Waals surface area contributed by atoms with E-state index >= 15 is 0 Å². The van der Waals surface area contributed by atoms with Gasteiger partial charge in [0.1, 0.15) is 10.6 Å². The summed E-state index contributed by atoms with van der Waals surface area (Å²) in [6, 6.07) is 4.57. The van der Waals surface area contributed by atoms with Crippen LogP contribution in [0.15, 0.2) is 23.1 Å². The molecule has 0 spiro atoms. The predicted molar refractivity (Wildman–Crippen MR) is 72.1 cm³/mol. The lowest BCUT2D eigenvalue weighted by Crippen LogP contribution is -2.30. The monoisotopic (exact) mass is 272 g/mol. The van der Waals surface area contributed by atoms with E-state index in [1.165, 1.54) is 23.5 Å². The molecular weight excluding hydrogens is 252 g/mol. The molecule has 0 atom stereocenters. The Labute approximate surface area is 109 Å². The number of nitrogens with two attached hydrogens (primary N) is 1. The molecule has 0 aliphatic heterocycles. The molecular formula is C12H20N2O3S. The molecule has 0 radical (unpaired) electrons. The number of ether oxygens (including phenoxy) is 1. The smallest absolute Gasteiger partial charge is 0.244 e. The maximum atomic E-state index is 12.3. The van der Waals surface area contributed by atoms with Crippen molar-refractivity contribution in [2.75, 3.05) is 26.4 Å². The molecule has 0 aromatic heterocycles. The lowest BCUT2D eigenvalue weighted by Gasteiger charge is -2.20. The van der Waals surface area contributed by atoms with Crippen LogP contribution in [0.1, 0.15) is 13.8 Å². The van der Waals surface area contributed by atoms with Crippen LogP contribution in [-0.2, 0) is 10.0 Å². The van der Waals surface area contributed by atoms with E-state index in [-0.39, 0.29) is 16.5 Å². The number of benzene rings is 1. The van der Waals surface area contributed by atoms with E-state index in [4.69, 9.17) is 10.5 Å². The van der Waals surface area contributed by atoms with E-state index in [1.54, 1.807) is 13.1 Å². The molecule has 18 heavy (non-hydrogen) atoms. The minimum Gasteiger partial charge on any atom is -0.497 e. The number of nitrogen functional groups attached to an aromatic ring is 1. The summed E-state index contributed by atoms with van der Waals surface area (Å²) >= 11 is 0. The predicted octanol–water partition coefficient (Wildman–Crippen LogP) is 1.55. The Kier molecular flexibility index (Phi) is 4.59. The first-order chi connectivity index (χ1) is 8.28. The van der Waals surface area contributed by atoms with Gasteiger partial charge in [-0.05, 0) is 18.1 Å². The third kappa shape index (κ3) is 3.14. The van der Waals surface area contributed by atoms with Crippen molar-refractivity contribution >= 4 is 15.7 Å². The van der Waals surface area contributed by atoms with Crippen LogP contribution in [0.3, 0.4) is 0 Å². The number of rotatable bonds is 5. The van der Waals surface area contributed by atoms with Gasteiger partial charge in [0.05, 0.1) is 12.8 Å². The van der Waals surface area contributed by atoms with E-state index in [0.717, 1.165) is 0 Å². The van der Waals surface area contributed by atoms with Crippen LogP contribution >= 0.6 is 0 Å². The molecule has 1 aromatic rings. The van der Waals surface area contributed by atoms with Gasteiger partial charge in [-0.25, -0.2) is 12.7 Å². The topological polar surface area (TPSA) is 72.6 Å². The average molecular weight is 272 g/mol. The summed E-state index contributed by atoms with van der Waals surface area (Å²) in [4.78, 5) is 0.117. The molecule has 0 aliphatic carbocycles. The molecule has 0 amide bonds. The van der Waals surface area contributed by atoms with Crippen molar-refractivity contribution in [3.8, 4) is 5.75 Å². The Morgan fingerprint density at radius 2 is 2.00 bits per heavy atom. The molecule has 1 aromatic carbocycles. The van der Waals surface area contributed by atoms with Crippen LogP contribution in [0.25, 0.3) is 0 Å². The lowest BCUT2D eigenvalue weighted by molar-refractivity contribution is 0.412. The fourth-order valence-electron chi connectivity index (χ4n) is 1.67. The highest BCUT2D eigenvalue weighted by atomic mass is 32.2. The quantitative estimate of drug-likeness (QED) is 0.825. The second-order valence-electron chi connectivity index (χ2n) is 4.58. The second-order valence-corrected chi connectivity index (χ2v) is 6.60. The van der Waals surface area contributed by atoms with Crippen LogP contribution < -0.4 is 10.5 Å². The number of hydrogen-bond acceptors (Lipinski definition) is 4. The zero-order valence-corrected chi connectivity index (χ0v) is 12.0. The highest BCUT2D eigenvalue weighted by Crippen LogP contribution is 2.26. The second kappa shape index (κ2) is 5.58. The maximum absolute atomic E-state index is 12.3. The number of sulfonamides is 1. The van der Waals surface area contributed by atoms with Crippen LogP contribution in [0, 0.1) is 5.92 Å². The van der Waals surface area contributed by atoms with Crippen molar-refractivity contribution in [3.63, 3.8) is 0 Å². The molecule has 0 aliphatic rings. The van der Waals surface area contributed by atoms with Crippen molar-refractivity contribution in [1.29, 1.82) is 0 Å². The SMILES string of the molecule is COc1ccc(S(=O)(=O)N(C)CC(C)C)c(N)c1. The van der Waals surface area contributed by atoms with Gasteiger partial charge in [0, 0.05) is 19.7 Å². The van der Waals surface area contributed by atoms with Crippen LogP contribution in [0.2, 0.25) is 0 Å². The minimum atomic E-state index is -3.54. The highest BCUT2D eigenvalue weighted by molar-refractivity contribution is 7.89. The molecule has 0 bridgehead atoms. The summed E-state index contributed by atoms with van der Waals surface area (Å²) < 4.78 is 30.9. The van der Waals surface area contributed by atoms with Crippen molar-refractivity contribution in [3.05, 3.63) is 18.2 Å². The minimum absolute atomic E-state index is 0.117. The molecule has 6 heteroatoms. The van der Waals surface area contributed by atoms with E-state index in [2.05, 4.69) is 0 Å². The lowest BCUT2D eigenvalue weighted by atomic mass is 10.2. The van der Waals surface area contributed by atoms with Gasteiger partial charge >= 0.3 is 0 Å². The maximum Gasteiger partial charge on any atom is 0.244 e. The van der Waals surface area contributed by atoms with Gasteiger partial charge in [0.2, 0.25) is 10.0 Å². The van der Waals surface area contributed by atoms with E-state index in [9.17, 15) is 8.42 Å². The molecule has 5 nitrogen and oxygen atoms in total. The van der Waals surface area contributed by atoms with Gasteiger partial charge in [-0.3, -0.25) is 0 Å². The summed E-state index contributed by atoms with van der Waals surface area (Å²) in [5.41, 5.74) is 5.96.